The maximum atomic E-state index is 10.8. The summed E-state index contributed by atoms with van der Waals surface area (Å²) in [6, 6.07) is 0. The average Bonchev–Trinajstić information content (AvgIpc) is 2.34. The van der Waals surface area contributed by atoms with E-state index in [0.29, 0.717) is 24.8 Å². The minimum absolute atomic E-state index is 0.560. The van der Waals surface area contributed by atoms with Crippen molar-refractivity contribution in [2.45, 2.75) is 0 Å². The van der Waals surface area contributed by atoms with Gasteiger partial charge < -0.3 is 5.21 Å². The molecule has 2 aliphatic rings. The first-order chi connectivity index (χ1) is 4.88. The number of aliphatic imine (C=N–C) groups is 2. The predicted molar refractivity (Wildman–Crippen MR) is 37.4 cm³/mol. The predicted octanol–water partition coefficient (Wildman–Crippen LogP) is -1.06. The highest BCUT2D eigenvalue weighted by atomic mass is 16.5. The zero-order valence-electron chi connectivity index (χ0n) is 5.24. The molecule has 5 nitrogen and oxygen atoms in total. The van der Waals surface area contributed by atoms with E-state index < -0.39 is 0 Å². The van der Waals surface area contributed by atoms with Crippen LogP contribution >= 0.6 is 0 Å². The highest BCUT2D eigenvalue weighted by molar-refractivity contribution is 6.43. The Morgan fingerprint density at radius 3 is 3.40 bits per heavy atom. The molecule has 0 saturated heterocycles. The Hall–Kier alpha value is -1.23. The quantitative estimate of drug-likeness (QED) is 0.342. The fourth-order valence-corrected chi connectivity index (χ4v) is 0.944. The first-order valence-corrected chi connectivity index (χ1v) is 3.00. The SMILES string of the molecule is [O-][N+]1=C2CNCN=C2N=C1. The third-order valence-electron chi connectivity index (χ3n) is 1.44. The number of rotatable bonds is 0. The van der Waals surface area contributed by atoms with E-state index in [-0.39, 0.29) is 0 Å². The summed E-state index contributed by atoms with van der Waals surface area (Å²) < 4.78 is 0.741. The first-order valence-electron chi connectivity index (χ1n) is 3.00. The molecule has 10 heavy (non-hydrogen) atoms. The molecule has 0 aromatic carbocycles. The maximum absolute atomic E-state index is 10.8. The molecule has 0 saturated carbocycles. The lowest BCUT2D eigenvalue weighted by molar-refractivity contribution is -0.309. The standard InChI is InChI=1S/C5H6N4O/c10-9-3-8-5-4(9)1-6-2-7-5/h3,6H,1-2H2. The van der Waals surface area contributed by atoms with Gasteiger partial charge in [-0.15, -0.1) is 0 Å². The van der Waals surface area contributed by atoms with Gasteiger partial charge >= 0.3 is 5.84 Å². The topological polar surface area (TPSA) is 62.8 Å². The van der Waals surface area contributed by atoms with Crippen LogP contribution in [0.4, 0.5) is 0 Å². The Labute approximate surface area is 57.4 Å². The van der Waals surface area contributed by atoms with E-state index in [1.54, 1.807) is 0 Å². The summed E-state index contributed by atoms with van der Waals surface area (Å²) in [7, 11) is 0. The molecule has 0 aromatic heterocycles. The van der Waals surface area contributed by atoms with Crippen molar-refractivity contribution >= 4 is 17.9 Å². The summed E-state index contributed by atoms with van der Waals surface area (Å²) >= 11 is 0. The van der Waals surface area contributed by atoms with Crippen molar-refractivity contribution < 1.29 is 4.74 Å². The van der Waals surface area contributed by atoms with E-state index in [1.807, 2.05) is 0 Å². The molecule has 2 aliphatic heterocycles. The Balaban J connectivity index is 2.44. The van der Waals surface area contributed by atoms with Crippen LogP contribution in [0.25, 0.3) is 0 Å². The van der Waals surface area contributed by atoms with Gasteiger partial charge in [-0.1, -0.05) is 0 Å². The second kappa shape index (κ2) is 1.88. The third-order valence-corrected chi connectivity index (χ3v) is 1.44. The molecule has 0 amide bonds. The fourth-order valence-electron chi connectivity index (χ4n) is 0.944. The molecule has 0 unspecified atom stereocenters. The van der Waals surface area contributed by atoms with Crippen molar-refractivity contribution in [3.63, 3.8) is 0 Å². The molecular weight excluding hydrogens is 132 g/mol. The molecule has 0 bridgehead atoms. The molecule has 0 atom stereocenters. The normalized spacial score (nSPS) is 23.0. The van der Waals surface area contributed by atoms with Crippen LogP contribution in [-0.2, 0) is 0 Å². The van der Waals surface area contributed by atoms with Crippen LogP contribution < -0.4 is 5.32 Å². The van der Waals surface area contributed by atoms with E-state index >= 15 is 0 Å². The van der Waals surface area contributed by atoms with Crippen LogP contribution in [0.3, 0.4) is 0 Å². The van der Waals surface area contributed by atoms with Crippen LogP contribution in [0.1, 0.15) is 0 Å². The lowest BCUT2D eigenvalue weighted by Crippen LogP contribution is -2.35. The van der Waals surface area contributed by atoms with Gasteiger partial charge in [0.1, 0.15) is 0 Å². The van der Waals surface area contributed by atoms with Crippen LogP contribution in [0.2, 0.25) is 0 Å². The molecule has 1 N–H and O–H groups in total. The summed E-state index contributed by atoms with van der Waals surface area (Å²) in [5.41, 5.74) is 0.617. The zero-order chi connectivity index (χ0) is 6.97. The zero-order valence-corrected chi connectivity index (χ0v) is 5.24. The lowest BCUT2D eigenvalue weighted by Gasteiger charge is -2.07. The maximum Gasteiger partial charge on any atom is 0.307 e. The highest BCUT2D eigenvalue weighted by Gasteiger charge is 2.24. The second-order valence-corrected chi connectivity index (χ2v) is 2.08. The average molecular weight is 138 g/mol. The summed E-state index contributed by atoms with van der Waals surface area (Å²) in [6.45, 7) is 1.13. The number of hydrogen-bond acceptors (Lipinski definition) is 4. The molecule has 0 aliphatic carbocycles. The van der Waals surface area contributed by atoms with Gasteiger partial charge in [-0.3, -0.25) is 5.32 Å². The van der Waals surface area contributed by atoms with Crippen LogP contribution in [0, 0.1) is 5.21 Å². The van der Waals surface area contributed by atoms with Crippen molar-refractivity contribution in [2.24, 2.45) is 9.98 Å². The summed E-state index contributed by atoms with van der Waals surface area (Å²) in [4.78, 5) is 7.77. The van der Waals surface area contributed by atoms with Gasteiger partial charge in [-0.25, -0.2) is 9.73 Å². The first kappa shape index (κ1) is 5.55. The Morgan fingerprint density at radius 2 is 2.60 bits per heavy atom. The lowest BCUT2D eigenvalue weighted by atomic mass is 10.3. The fraction of sp³-hybridized carbons (Fsp3) is 0.400. The van der Waals surface area contributed by atoms with Gasteiger partial charge in [0.25, 0.3) is 6.34 Å². The largest absolute Gasteiger partial charge is 0.711 e. The van der Waals surface area contributed by atoms with Crippen molar-refractivity contribution in [2.75, 3.05) is 13.2 Å². The van der Waals surface area contributed by atoms with E-state index in [9.17, 15) is 5.21 Å². The second-order valence-electron chi connectivity index (χ2n) is 2.08. The number of nitrogens with zero attached hydrogens (tertiary/aromatic N) is 3. The number of nitrogens with one attached hydrogen (secondary N) is 1. The van der Waals surface area contributed by atoms with Gasteiger partial charge in [0.2, 0.25) is 0 Å². The Bertz CT molecular complexity index is 252. The van der Waals surface area contributed by atoms with Gasteiger partial charge in [0.15, 0.2) is 5.71 Å². The van der Waals surface area contributed by atoms with Crippen LogP contribution in [0.5, 0.6) is 0 Å². The highest BCUT2D eigenvalue weighted by Crippen LogP contribution is 1.96. The van der Waals surface area contributed by atoms with E-state index in [0.717, 1.165) is 4.74 Å². The minimum atomic E-state index is 0.560. The molecule has 0 fully saturated rings. The van der Waals surface area contributed by atoms with Crippen molar-refractivity contribution in [3.05, 3.63) is 5.21 Å². The molecular formula is C5H6N4O. The molecule has 52 valence electrons. The molecule has 5 heteroatoms. The Kier molecular flexibility index (Phi) is 1.04. The van der Waals surface area contributed by atoms with Crippen molar-refractivity contribution in [1.82, 2.24) is 5.32 Å². The van der Waals surface area contributed by atoms with E-state index in [2.05, 4.69) is 15.3 Å². The Morgan fingerprint density at radius 1 is 1.70 bits per heavy atom. The molecule has 2 heterocycles. The van der Waals surface area contributed by atoms with Crippen LogP contribution in [0.15, 0.2) is 9.98 Å². The van der Waals surface area contributed by atoms with Gasteiger partial charge in [0.05, 0.1) is 13.2 Å². The molecule has 2 rings (SSSR count). The van der Waals surface area contributed by atoms with Crippen LogP contribution in [-0.4, -0.2) is 35.8 Å². The van der Waals surface area contributed by atoms with Crippen molar-refractivity contribution in [1.29, 1.82) is 0 Å². The summed E-state index contributed by atoms with van der Waals surface area (Å²) in [5.74, 6) is 0.578. The molecule has 0 radical (unpaired) electrons. The van der Waals surface area contributed by atoms with Gasteiger partial charge in [-0.05, 0) is 4.99 Å². The molecule has 0 spiro atoms. The monoisotopic (exact) mass is 138 g/mol. The summed E-state index contributed by atoms with van der Waals surface area (Å²) in [5, 5.41) is 13.8. The smallest absolute Gasteiger partial charge is 0.307 e. The molecule has 0 aromatic rings. The third kappa shape index (κ3) is 0.640. The number of hydroxylamine groups is 1. The minimum Gasteiger partial charge on any atom is -0.711 e. The van der Waals surface area contributed by atoms with Gasteiger partial charge in [0, 0.05) is 0 Å². The van der Waals surface area contributed by atoms with E-state index in [1.165, 1.54) is 6.34 Å². The van der Waals surface area contributed by atoms with Crippen molar-refractivity contribution in [3.8, 4) is 0 Å². The number of amidine groups is 1. The number of fused-ring (bicyclic) bond motifs is 1. The van der Waals surface area contributed by atoms with Gasteiger partial charge in [-0.2, -0.15) is 0 Å². The summed E-state index contributed by atoms with van der Waals surface area (Å²) in [6.07, 6.45) is 1.24. The van der Waals surface area contributed by atoms with E-state index in [4.69, 9.17) is 0 Å². The number of hydrogen-bond donors (Lipinski definition) is 1.